The first kappa shape index (κ1) is 13.5. The van der Waals surface area contributed by atoms with Gasteiger partial charge in [0.2, 0.25) is 5.91 Å². The number of carbonyl (C=O) groups excluding carboxylic acids is 2. The summed E-state index contributed by atoms with van der Waals surface area (Å²) in [4.78, 5) is 25.4. The molecule has 1 aromatic rings. The third kappa shape index (κ3) is 2.93. The van der Waals surface area contributed by atoms with Gasteiger partial charge in [-0.1, -0.05) is 18.2 Å². The van der Waals surface area contributed by atoms with E-state index < -0.39 is 0 Å². The number of hydrogen-bond acceptors (Lipinski definition) is 4. The molecule has 1 aliphatic heterocycles. The molecule has 5 heteroatoms. The predicted molar refractivity (Wildman–Crippen MR) is 70.7 cm³/mol. The van der Waals surface area contributed by atoms with Crippen LogP contribution in [0, 0.1) is 0 Å². The van der Waals surface area contributed by atoms with Crippen molar-refractivity contribution in [2.24, 2.45) is 0 Å². The lowest BCUT2D eigenvalue weighted by atomic mass is 10.1. The number of esters is 1. The van der Waals surface area contributed by atoms with Gasteiger partial charge in [-0.15, -0.1) is 0 Å². The zero-order chi connectivity index (χ0) is 13.8. The average Bonchev–Trinajstić information content (AvgIpc) is 2.43. The van der Waals surface area contributed by atoms with Crippen molar-refractivity contribution in [3.8, 4) is 0 Å². The summed E-state index contributed by atoms with van der Waals surface area (Å²) in [6, 6.07) is 7.15. The van der Waals surface area contributed by atoms with Gasteiger partial charge < -0.3 is 10.1 Å². The standard InChI is InChI=1S/C14H18N2O3/c1-10-13(17)15-7-8-16(10)9-11-5-3-4-6-12(11)14(18)19-2/h3-6,10H,7-9H2,1-2H3,(H,15,17). The van der Waals surface area contributed by atoms with Crippen molar-refractivity contribution in [1.29, 1.82) is 0 Å². The van der Waals surface area contributed by atoms with Gasteiger partial charge in [0.05, 0.1) is 18.7 Å². The quantitative estimate of drug-likeness (QED) is 0.818. The van der Waals surface area contributed by atoms with E-state index in [9.17, 15) is 9.59 Å². The number of nitrogens with one attached hydrogen (secondary N) is 1. The molecule has 0 aliphatic carbocycles. The Balaban J connectivity index is 2.19. The molecule has 0 bridgehead atoms. The fourth-order valence-electron chi connectivity index (χ4n) is 2.23. The van der Waals surface area contributed by atoms with Gasteiger partial charge >= 0.3 is 5.97 Å². The Morgan fingerprint density at radius 1 is 1.47 bits per heavy atom. The van der Waals surface area contributed by atoms with Gasteiger partial charge in [0.1, 0.15) is 0 Å². The van der Waals surface area contributed by atoms with Crippen molar-refractivity contribution in [1.82, 2.24) is 10.2 Å². The van der Waals surface area contributed by atoms with Crippen molar-refractivity contribution >= 4 is 11.9 Å². The number of amides is 1. The summed E-state index contributed by atoms with van der Waals surface area (Å²) in [5, 5.41) is 2.82. The van der Waals surface area contributed by atoms with Crippen LogP contribution >= 0.6 is 0 Å². The summed E-state index contributed by atoms with van der Waals surface area (Å²) < 4.78 is 4.78. The fourth-order valence-corrected chi connectivity index (χ4v) is 2.23. The Hall–Kier alpha value is -1.88. The highest BCUT2D eigenvalue weighted by Crippen LogP contribution is 2.15. The smallest absolute Gasteiger partial charge is 0.338 e. The first-order chi connectivity index (χ1) is 9.13. The number of benzene rings is 1. The molecular formula is C14H18N2O3. The number of methoxy groups -OCH3 is 1. The van der Waals surface area contributed by atoms with Gasteiger partial charge in [0.15, 0.2) is 0 Å². The summed E-state index contributed by atoms with van der Waals surface area (Å²) in [6.45, 7) is 3.86. The molecule has 1 fully saturated rings. The molecule has 0 aromatic heterocycles. The molecule has 5 nitrogen and oxygen atoms in total. The molecule has 1 N–H and O–H groups in total. The Kier molecular flexibility index (Phi) is 4.16. The van der Waals surface area contributed by atoms with Crippen LogP contribution in [0.1, 0.15) is 22.8 Å². The van der Waals surface area contributed by atoms with E-state index in [0.29, 0.717) is 18.7 Å². The Morgan fingerprint density at radius 2 is 2.21 bits per heavy atom. The van der Waals surface area contributed by atoms with Gasteiger partial charge in [0, 0.05) is 19.6 Å². The normalized spacial score (nSPS) is 19.9. The van der Waals surface area contributed by atoms with Crippen molar-refractivity contribution in [2.75, 3.05) is 20.2 Å². The zero-order valence-corrected chi connectivity index (χ0v) is 11.2. The first-order valence-electron chi connectivity index (χ1n) is 6.31. The van der Waals surface area contributed by atoms with Crippen molar-refractivity contribution in [2.45, 2.75) is 19.5 Å². The SMILES string of the molecule is COC(=O)c1ccccc1CN1CCNC(=O)C1C. The summed E-state index contributed by atoms with van der Waals surface area (Å²) in [5.74, 6) is -0.313. The molecule has 0 saturated carbocycles. The molecule has 1 aliphatic rings. The lowest BCUT2D eigenvalue weighted by Gasteiger charge is -2.33. The van der Waals surface area contributed by atoms with E-state index >= 15 is 0 Å². The summed E-state index contributed by atoms with van der Waals surface area (Å²) in [6.07, 6.45) is 0. The van der Waals surface area contributed by atoms with Crippen molar-refractivity contribution in [3.05, 3.63) is 35.4 Å². The van der Waals surface area contributed by atoms with Gasteiger partial charge in [-0.2, -0.15) is 0 Å². The number of ether oxygens (including phenoxy) is 1. The highest BCUT2D eigenvalue weighted by Gasteiger charge is 2.26. The van der Waals surface area contributed by atoms with Crippen LogP contribution in [0.4, 0.5) is 0 Å². The van der Waals surface area contributed by atoms with Crippen LogP contribution in [-0.2, 0) is 16.1 Å². The monoisotopic (exact) mass is 262 g/mol. The van der Waals surface area contributed by atoms with Crippen molar-refractivity contribution < 1.29 is 14.3 Å². The lowest BCUT2D eigenvalue weighted by molar-refractivity contribution is -0.128. The van der Waals surface area contributed by atoms with Crippen LogP contribution in [0.2, 0.25) is 0 Å². The molecule has 102 valence electrons. The second-order valence-corrected chi connectivity index (χ2v) is 4.59. The maximum absolute atomic E-state index is 11.7. The minimum absolute atomic E-state index is 0.0294. The summed E-state index contributed by atoms with van der Waals surface area (Å²) >= 11 is 0. The van der Waals surface area contributed by atoms with E-state index in [1.807, 2.05) is 25.1 Å². The maximum Gasteiger partial charge on any atom is 0.338 e. The van der Waals surface area contributed by atoms with E-state index in [4.69, 9.17) is 4.74 Å². The third-order valence-electron chi connectivity index (χ3n) is 3.42. The lowest BCUT2D eigenvalue weighted by Crippen LogP contribution is -2.53. The molecule has 0 spiro atoms. The van der Waals surface area contributed by atoms with Gasteiger partial charge in [-0.05, 0) is 18.6 Å². The van der Waals surface area contributed by atoms with Gasteiger partial charge in [-0.25, -0.2) is 4.79 Å². The molecule has 2 rings (SSSR count). The molecule has 1 heterocycles. The molecule has 1 saturated heterocycles. The highest BCUT2D eigenvalue weighted by atomic mass is 16.5. The largest absolute Gasteiger partial charge is 0.465 e. The second-order valence-electron chi connectivity index (χ2n) is 4.59. The van der Waals surface area contributed by atoms with Crippen LogP contribution in [0.25, 0.3) is 0 Å². The predicted octanol–water partition coefficient (Wildman–Crippen LogP) is 0.793. The molecular weight excluding hydrogens is 244 g/mol. The van der Waals surface area contributed by atoms with Crippen LogP contribution in [-0.4, -0.2) is 43.0 Å². The first-order valence-corrected chi connectivity index (χ1v) is 6.31. The number of carbonyl (C=O) groups is 2. The average molecular weight is 262 g/mol. The molecule has 1 aromatic carbocycles. The zero-order valence-electron chi connectivity index (χ0n) is 11.2. The van der Waals surface area contributed by atoms with E-state index in [0.717, 1.165) is 12.1 Å². The van der Waals surface area contributed by atoms with E-state index in [-0.39, 0.29) is 17.9 Å². The van der Waals surface area contributed by atoms with Crippen LogP contribution in [0.5, 0.6) is 0 Å². The van der Waals surface area contributed by atoms with Crippen LogP contribution in [0.3, 0.4) is 0 Å². The Labute approximate surface area is 112 Å². The fraction of sp³-hybridized carbons (Fsp3) is 0.429. The van der Waals surface area contributed by atoms with E-state index in [2.05, 4.69) is 10.2 Å². The third-order valence-corrected chi connectivity index (χ3v) is 3.42. The second kappa shape index (κ2) is 5.84. The minimum Gasteiger partial charge on any atom is -0.465 e. The van der Waals surface area contributed by atoms with Crippen molar-refractivity contribution in [3.63, 3.8) is 0 Å². The van der Waals surface area contributed by atoms with E-state index in [1.54, 1.807) is 6.07 Å². The number of piperazine rings is 1. The minimum atomic E-state index is -0.343. The molecule has 1 atom stereocenters. The molecule has 0 radical (unpaired) electrons. The molecule has 19 heavy (non-hydrogen) atoms. The Bertz CT molecular complexity index is 487. The number of rotatable bonds is 3. The maximum atomic E-state index is 11.7. The molecule has 1 unspecified atom stereocenters. The van der Waals surface area contributed by atoms with Crippen LogP contribution in [0.15, 0.2) is 24.3 Å². The summed E-state index contributed by atoms with van der Waals surface area (Å²) in [5.41, 5.74) is 1.44. The highest BCUT2D eigenvalue weighted by molar-refractivity contribution is 5.91. The van der Waals surface area contributed by atoms with Gasteiger partial charge in [-0.3, -0.25) is 9.69 Å². The number of hydrogen-bond donors (Lipinski definition) is 1. The van der Waals surface area contributed by atoms with Crippen LogP contribution < -0.4 is 5.32 Å². The Morgan fingerprint density at radius 3 is 2.95 bits per heavy atom. The van der Waals surface area contributed by atoms with E-state index in [1.165, 1.54) is 7.11 Å². The molecule has 1 amide bonds. The number of nitrogens with zero attached hydrogens (tertiary/aromatic N) is 1. The summed E-state index contributed by atoms with van der Waals surface area (Å²) in [7, 11) is 1.37. The topological polar surface area (TPSA) is 58.6 Å². The van der Waals surface area contributed by atoms with Gasteiger partial charge in [0.25, 0.3) is 0 Å².